The molecular weight excluding hydrogens is 306 g/mol. The van der Waals surface area contributed by atoms with Crippen LogP contribution in [0.5, 0.6) is 0 Å². The number of nitrogens with one attached hydrogen (secondary N) is 1. The van der Waals surface area contributed by atoms with Crippen molar-refractivity contribution in [2.24, 2.45) is 5.92 Å². The van der Waals surface area contributed by atoms with Gasteiger partial charge < -0.3 is 10.1 Å². The van der Waals surface area contributed by atoms with Gasteiger partial charge in [0.05, 0.1) is 18.1 Å². The molecule has 1 saturated carbocycles. The molecule has 0 aromatic carbocycles. The summed E-state index contributed by atoms with van der Waals surface area (Å²) in [4.78, 5) is 24.5. The molecule has 0 aromatic heterocycles. The summed E-state index contributed by atoms with van der Waals surface area (Å²) in [5.74, 6) is -0.493. The molecule has 0 aromatic rings. The van der Waals surface area contributed by atoms with E-state index in [1.54, 1.807) is 6.92 Å². The largest absolute Gasteiger partial charge is 0.464 e. The fraction of sp³-hybridized carbons (Fsp3) is 0.867. The smallest absolute Gasteiger partial charge is 0.331 e. The predicted octanol–water partition coefficient (Wildman–Crippen LogP) is 1.19. The number of esters is 1. The minimum Gasteiger partial charge on any atom is -0.464 e. The van der Waals surface area contributed by atoms with Gasteiger partial charge in [-0.3, -0.25) is 4.79 Å². The van der Waals surface area contributed by atoms with E-state index in [-0.39, 0.29) is 42.3 Å². The van der Waals surface area contributed by atoms with Crippen molar-refractivity contribution < 1.29 is 22.7 Å². The van der Waals surface area contributed by atoms with Gasteiger partial charge in [-0.05, 0) is 32.1 Å². The van der Waals surface area contributed by atoms with E-state index in [0.717, 1.165) is 19.3 Å². The van der Waals surface area contributed by atoms with Crippen molar-refractivity contribution >= 4 is 21.7 Å². The summed E-state index contributed by atoms with van der Waals surface area (Å²) in [5.41, 5.74) is -0.914. The Hall–Kier alpha value is -1.11. The third-order valence-corrected chi connectivity index (χ3v) is 6.39. The Morgan fingerprint density at radius 3 is 2.45 bits per heavy atom. The fourth-order valence-corrected chi connectivity index (χ4v) is 5.28. The van der Waals surface area contributed by atoms with Gasteiger partial charge in [0.25, 0.3) is 0 Å². The van der Waals surface area contributed by atoms with Crippen LogP contribution in [0.2, 0.25) is 0 Å². The van der Waals surface area contributed by atoms with E-state index in [2.05, 4.69) is 5.32 Å². The fourth-order valence-electron chi connectivity index (χ4n) is 3.42. The molecule has 126 valence electrons. The summed E-state index contributed by atoms with van der Waals surface area (Å²) in [5, 5.41) is 2.86. The lowest BCUT2D eigenvalue weighted by molar-refractivity contribution is -0.155. The Morgan fingerprint density at radius 2 is 1.91 bits per heavy atom. The van der Waals surface area contributed by atoms with E-state index >= 15 is 0 Å². The van der Waals surface area contributed by atoms with Crippen molar-refractivity contribution in [3.63, 3.8) is 0 Å². The van der Waals surface area contributed by atoms with Gasteiger partial charge in [0.2, 0.25) is 5.91 Å². The molecule has 0 radical (unpaired) electrons. The van der Waals surface area contributed by atoms with Crippen molar-refractivity contribution in [1.82, 2.24) is 5.32 Å². The van der Waals surface area contributed by atoms with Crippen LogP contribution in [0.3, 0.4) is 0 Å². The van der Waals surface area contributed by atoms with Crippen LogP contribution in [0.15, 0.2) is 0 Å². The van der Waals surface area contributed by atoms with E-state index in [1.165, 1.54) is 0 Å². The summed E-state index contributed by atoms with van der Waals surface area (Å²) < 4.78 is 28.1. The summed E-state index contributed by atoms with van der Waals surface area (Å²) in [7, 11) is -2.99. The Labute approximate surface area is 131 Å². The quantitative estimate of drug-likeness (QED) is 0.765. The number of amides is 1. The second-order valence-corrected chi connectivity index (χ2v) is 8.61. The molecule has 7 heteroatoms. The van der Waals surface area contributed by atoms with Crippen molar-refractivity contribution in [3.05, 3.63) is 0 Å². The van der Waals surface area contributed by atoms with Gasteiger partial charge in [-0.1, -0.05) is 19.3 Å². The average molecular weight is 331 g/mol. The van der Waals surface area contributed by atoms with Crippen LogP contribution >= 0.6 is 0 Å². The SMILES string of the molecule is CCOC(=O)C1(NC(=O)C[C@@H]2CCS(=O)(=O)C2)CCCCC1. The Balaban J connectivity index is 1.98. The first-order chi connectivity index (χ1) is 10.4. The number of hydrogen-bond donors (Lipinski definition) is 1. The van der Waals surface area contributed by atoms with E-state index < -0.39 is 15.4 Å². The zero-order chi connectivity index (χ0) is 16.2. The summed E-state index contributed by atoms with van der Waals surface area (Å²) in [6, 6.07) is 0. The molecule has 2 rings (SSSR count). The molecule has 0 bridgehead atoms. The number of carbonyl (C=O) groups excluding carboxylic acids is 2. The second kappa shape index (κ2) is 6.98. The van der Waals surface area contributed by atoms with Crippen LogP contribution in [-0.4, -0.2) is 43.9 Å². The first kappa shape index (κ1) is 17.2. The highest BCUT2D eigenvalue weighted by molar-refractivity contribution is 7.91. The molecule has 1 aliphatic heterocycles. The van der Waals surface area contributed by atoms with Gasteiger partial charge in [0, 0.05) is 6.42 Å². The zero-order valence-corrected chi connectivity index (χ0v) is 13.9. The third-order valence-electron chi connectivity index (χ3n) is 4.55. The number of carbonyl (C=O) groups is 2. The molecule has 1 heterocycles. The molecule has 0 spiro atoms. The normalized spacial score (nSPS) is 26.3. The maximum atomic E-state index is 12.3. The van der Waals surface area contributed by atoms with Crippen molar-refractivity contribution in [2.75, 3.05) is 18.1 Å². The highest BCUT2D eigenvalue weighted by Crippen LogP contribution is 2.30. The first-order valence-corrected chi connectivity index (χ1v) is 9.88. The Morgan fingerprint density at radius 1 is 1.23 bits per heavy atom. The molecule has 1 N–H and O–H groups in total. The maximum Gasteiger partial charge on any atom is 0.331 e. The lowest BCUT2D eigenvalue weighted by atomic mass is 9.81. The van der Waals surface area contributed by atoms with E-state index in [9.17, 15) is 18.0 Å². The van der Waals surface area contributed by atoms with E-state index in [4.69, 9.17) is 4.74 Å². The summed E-state index contributed by atoms with van der Waals surface area (Å²) in [6.45, 7) is 2.04. The van der Waals surface area contributed by atoms with Crippen LogP contribution in [0.25, 0.3) is 0 Å². The lowest BCUT2D eigenvalue weighted by Crippen LogP contribution is -2.56. The summed E-state index contributed by atoms with van der Waals surface area (Å²) in [6.07, 6.45) is 4.72. The highest BCUT2D eigenvalue weighted by atomic mass is 32.2. The van der Waals surface area contributed by atoms with E-state index in [0.29, 0.717) is 19.3 Å². The van der Waals surface area contributed by atoms with Crippen molar-refractivity contribution in [2.45, 2.75) is 57.4 Å². The number of ether oxygens (including phenoxy) is 1. The molecule has 6 nitrogen and oxygen atoms in total. The highest BCUT2D eigenvalue weighted by Gasteiger charge is 2.42. The average Bonchev–Trinajstić information content (AvgIpc) is 2.79. The number of hydrogen-bond acceptors (Lipinski definition) is 5. The minimum absolute atomic E-state index is 0.0762. The van der Waals surface area contributed by atoms with Gasteiger partial charge in [-0.2, -0.15) is 0 Å². The minimum atomic E-state index is -2.99. The van der Waals surface area contributed by atoms with Crippen LogP contribution < -0.4 is 5.32 Å². The molecule has 2 fully saturated rings. The van der Waals surface area contributed by atoms with Gasteiger partial charge in [0.15, 0.2) is 9.84 Å². The summed E-state index contributed by atoms with van der Waals surface area (Å²) >= 11 is 0. The predicted molar refractivity (Wildman–Crippen MR) is 82.0 cm³/mol. The molecular formula is C15H25NO5S. The zero-order valence-electron chi connectivity index (χ0n) is 13.1. The van der Waals surface area contributed by atoms with Crippen LogP contribution in [-0.2, 0) is 24.2 Å². The Bertz CT molecular complexity index is 522. The van der Waals surface area contributed by atoms with Gasteiger partial charge >= 0.3 is 5.97 Å². The molecule has 2 aliphatic rings. The first-order valence-electron chi connectivity index (χ1n) is 8.05. The standard InChI is InChI=1S/C15H25NO5S/c1-2-21-14(18)15(7-4-3-5-8-15)16-13(17)10-12-6-9-22(19,20)11-12/h12H,2-11H2,1H3,(H,16,17)/t12-/m0/s1. The molecule has 1 amide bonds. The number of rotatable bonds is 5. The molecule has 1 saturated heterocycles. The van der Waals surface area contributed by atoms with Gasteiger partial charge in [-0.15, -0.1) is 0 Å². The van der Waals surface area contributed by atoms with Crippen molar-refractivity contribution in [1.29, 1.82) is 0 Å². The Kier molecular flexibility index (Phi) is 5.47. The topological polar surface area (TPSA) is 89.5 Å². The molecule has 1 atom stereocenters. The molecule has 22 heavy (non-hydrogen) atoms. The van der Waals surface area contributed by atoms with Crippen LogP contribution in [0.4, 0.5) is 0 Å². The maximum absolute atomic E-state index is 12.3. The monoisotopic (exact) mass is 331 g/mol. The third kappa shape index (κ3) is 4.21. The molecule has 1 aliphatic carbocycles. The van der Waals surface area contributed by atoms with Gasteiger partial charge in [-0.25, -0.2) is 13.2 Å². The van der Waals surface area contributed by atoms with Crippen LogP contribution in [0, 0.1) is 5.92 Å². The van der Waals surface area contributed by atoms with Crippen molar-refractivity contribution in [3.8, 4) is 0 Å². The van der Waals surface area contributed by atoms with Gasteiger partial charge in [0.1, 0.15) is 5.54 Å². The number of sulfone groups is 1. The van der Waals surface area contributed by atoms with E-state index in [1.807, 2.05) is 0 Å². The van der Waals surface area contributed by atoms with Crippen LogP contribution in [0.1, 0.15) is 51.9 Å². The molecule has 0 unspecified atom stereocenters. The lowest BCUT2D eigenvalue weighted by Gasteiger charge is -2.35. The second-order valence-electron chi connectivity index (χ2n) is 6.38.